The van der Waals surface area contributed by atoms with Gasteiger partial charge in [-0.3, -0.25) is 4.99 Å². The van der Waals surface area contributed by atoms with E-state index in [1.165, 1.54) is 17.5 Å². The van der Waals surface area contributed by atoms with Gasteiger partial charge in [-0.1, -0.05) is 24.3 Å². The fourth-order valence-corrected chi connectivity index (χ4v) is 3.40. The Morgan fingerprint density at radius 1 is 1.39 bits per heavy atom. The third kappa shape index (κ3) is 4.05. The number of benzene rings is 1. The van der Waals surface area contributed by atoms with Crippen molar-refractivity contribution in [2.75, 3.05) is 19.7 Å². The zero-order valence-corrected chi connectivity index (χ0v) is 14.6. The summed E-state index contributed by atoms with van der Waals surface area (Å²) in [7, 11) is 0. The van der Waals surface area contributed by atoms with Gasteiger partial charge >= 0.3 is 0 Å². The zero-order valence-electron chi connectivity index (χ0n) is 14.6. The van der Waals surface area contributed by atoms with Crippen LogP contribution in [0.3, 0.4) is 0 Å². The Balaban J connectivity index is 1.59. The second kappa shape index (κ2) is 6.91. The van der Waals surface area contributed by atoms with E-state index in [1.54, 1.807) is 0 Å². The second-order valence-corrected chi connectivity index (χ2v) is 7.05. The maximum Gasteiger partial charge on any atom is 0.191 e. The van der Waals surface area contributed by atoms with E-state index < -0.39 is 0 Å². The third-order valence-corrected chi connectivity index (χ3v) is 4.92. The Morgan fingerprint density at radius 2 is 2.22 bits per heavy atom. The van der Waals surface area contributed by atoms with E-state index in [-0.39, 0.29) is 5.60 Å². The molecule has 1 aliphatic carbocycles. The first-order valence-corrected chi connectivity index (χ1v) is 8.85. The Kier molecular flexibility index (Phi) is 4.90. The SMILES string of the molecule is CCNC(=NCC1(C)CCCO1)NC1CC1c1ccccc1C. The van der Waals surface area contributed by atoms with Gasteiger partial charge in [-0.15, -0.1) is 0 Å². The van der Waals surface area contributed by atoms with Crippen molar-refractivity contribution in [1.82, 2.24) is 10.6 Å². The summed E-state index contributed by atoms with van der Waals surface area (Å²) in [6.07, 6.45) is 3.43. The lowest BCUT2D eigenvalue weighted by Crippen LogP contribution is -2.40. The first kappa shape index (κ1) is 16.3. The molecule has 0 aromatic heterocycles. The van der Waals surface area contributed by atoms with E-state index in [4.69, 9.17) is 9.73 Å². The van der Waals surface area contributed by atoms with Crippen LogP contribution in [-0.2, 0) is 4.74 Å². The van der Waals surface area contributed by atoms with Crippen LogP contribution in [0, 0.1) is 6.92 Å². The number of guanidine groups is 1. The van der Waals surface area contributed by atoms with Gasteiger partial charge in [-0.2, -0.15) is 0 Å². The molecule has 4 nitrogen and oxygen atoms in total. The zero-order chi connectivity index (χ0) is 16.3. The van der Waals surface area contributed by atoms with E-state index >= 15 is 0 Å². The third-order valence-electron chi connectivity index (χ3n) is 4.92. The average Bonchev–Trinajstić information content (AvgIpc) is 3.16. The smallest absolute Gasteiger partial charge is 0.191 e. The van der Waals surface area contributed by atoms with Crippen LogP contribution in [0.15, 0.2) is 29.3 Å². The largest absolute Gasteiger partial charge is 0.373 e. The van der Waals surface area contributed by atoms with E-state index in [2.05, 4.69) is 55.7 Å². The monoisotopic (exact) mass is 315 g/mol. The second-order valence-electron chi connectivity index (χ2n) is 7.05. The predicted octanol–water partition coefficient (Wildman–Crippen LogP) is 2.98. The van der Waals surface area contributed by atoms with E-state index in [9.17, 15) is 0 Å². The van der Waals surface area contributed by atoms with Gasteiger partial charge in [-0.25, -0.2) is 0 Å². The fourth-order valence-electron chi connectivity index (χ4n) is 3.40. The minimum atomic E-state index is -0.0820. The Hall–Kier alpha value is -1.55. The van der Waals surface area contributed by atoms with Crippen LogP contribution in [0.25, 0.3) is 0 Å². The van der Waals surface area contributed by atoms with Gasteiger partial charge < -0.3 is 15.4 Å². The predicted molar refractivity (Wildman–Crippen MR) is 95.0 cm³/mol. The van der Waals surface area contributed by atoms with Crippen LogP contribution in [0.5, 0.6) is 0 Å². The van der Waals surface area contributed by atoms with Crippen LogP contribution in [0.4, 0.5) is 0 Å². The number of ether oxygens (including phenoxy) is 1. The van der Waals surface area contributed by atoms with Crippen LogP contribution >= 0.6 is 0 Å². The Bertz CT molecular complexity index is 563. The summed E-state index contributed by atoms with van der Waals surface area (Å²) in [5.41, 5.74) is 2.77. The quantitative estimate of drug-likeness (QED) is 0.648. The molecule has 1 aliphatic heterocycles. The molecule has 2 aliphatic rings. The summed E-state index contributed by atoms with van der Waals surface area (Å²) >= 11 is 0. The summed E-state index contributed by atoms with van der Waals surface area (Å²) in [4.78, 5) is 4.77. The molecule has 126 valence electrons. The highest BCUT2D eigenvalue weighted by Crippen LogP contribution is 2.42. The van der Waals surface area contributed by atoms with Gasteiger partial charge in [-0.05, 0) is 51.2 Å². The number of hydrogen-bond donors (Lipinski definition) is 2. The van der Waals surface area contributed by atoms with Crippen molar-refractivity contribution in [3.63, 3.8) is 0 Å². The number of nitrogens with zero attached hydrogens (tertiary/aromatic N) is 1. The number of nitrogens with one attached hydrogen (secondary N) is 2. The minimum absolute atomic E-state index is 0.0820. The molecule has 0 spiro atoms. The molecule has 0 radical (unpaired) electrons. The molecular weight excluding hydrogens is 286 g/mol. The lowest BCUT2D eigenvalue weighted by Gasteiger charge is -2.21. The highest BCUT2D eigenvalue weighted by Gasteiger charge is 2.39. The summed E-state index contributed by atoms with van der Waals surface area (Å²) < 4.78 is 5.83. The molecule has 0 amide bonds. The molecule has 1 saturated heterocycles. The van der Waals surface area contributed by atoms with Gasteiger partial charge in [0.25, 0.3) is 0 Å². The number of hydrogen-bond acceptors (Lipinski definition) is 2. The van der Waals surface area contributed by atoms with Gasteiger partial charge in [0, 0.05) is 25.1 Å². The first-order chi connectivity index (χ1) is 11.1. The maximum absolute atomic E-state index is 5.83. The Labute approximate surface area is 139 Å². The molecule has 1 saturated carbocycles. The van der Waals surface area contributed by atoms with Gasteiger partial charge in [0.2, 0.25) is 0 Å². The van der Waals surface area contributed by atoms with Crippen LogP contribution < -0.4 is 10.6 Å². The van der Waals surface area contributed by atoms with Crippen molar-refractivity contribution in [1.29, 1.82) is 0 Å². The van der Waals surface area contributed by atoms with Gasteiger partial charge in [0.05, 0.1) is 12.1 Å². The first-order valence-electron chi connectivity index (χ1n) is 8.85. The molecule has 1 aromatic carbocycles. The standard InChI is InChI=1S/C19H29N3O/c1-4-20-18(21-13-19(3)10-7-11-23-19)22-17-12-16(17)15-9-6-5-8-14(15)2/h5-6,8-9,16-17H,4,7,10-13H2,1-3H3,(H2,20,21,22). The summed E-state index contributed by atoms with van der Waals surface area (Å²) in [5, 5.41) is 6.96. The molecule has 4 heteroatoms. The summed E-state index contributed by atoms with van der Waals surface area (Å²) in [6.45, 7) is 8.95. The molecule has 2 fully saturated rings. The number of aliphatic imine (C=N–C) groups is 1. The van der Waals surface area contributed by atoms with Gasteiger partial charge in [0.15, 0.2) is 5.96 Å². The van der Waals surface area contributed by atoms with Crippen molar-refractivity contribution in [3.8, 4) is 0 Å². The fraction of sp³-hybridized carbons (Fsp3) is 0.632. The van der Waals surface area contributed by atoms with Crippen molar-refractivity contribution in [2.45, 2.75) is 57.6 Å². The van der Waals surface area contributed by atoms with Crippen LogP contribution in [0.2, 0.25) is 0 Å². The topological polar surface area (TPSA) is 45.7 Å². The van der Waals surface area contributed by atoms with E-state index in [0.29, 0.717) is 12.0 Å². The van der Waals surface area contributed by atoms with Crippen molar-refractivity contribution in [2.24, 2.45) is 4.99 Å². The van der Waals surface area contributed by atoms with Crippen molar-refractivity contribution in [3.05, 3.63) is 35.4 Å². The maximum atomic E-state index is 5.83. The minimum Gasteiger partial charge on any atom is -0.373 e. The highest BCUT2D eigenvalue weighted by atomic mass is 16.5. The molecule has 2 N–H and O–H groups in total. The Morgan fingerprint density at radius 3 is 2.91 bits per heavy atom. The number of rotatable bonds is 5. The normalized spacial score (nSPS) is 30.3. The van der Waals surface area contributed by atoms with E-state index in [0.717, 1.165) is 38.5 Å². The lowest BCUT2D eigenvalue weighted by molar-refractivity contribution is 0.0283. The summed E-state index contributed by atoms with van der Waals surface area (Å²) in [6, 6.07) is 9.18. The molecule has 1 aromatic rings. The lowest BCUT2D eigenvalue weighted by atomic mass is 10.0. The van der Waals surface area contributed by atoms with Gasteiger partial charge in [0.1, 0.15) is 0 Å². The number of aryl methyl sites for hydroxylation is 1. The molecule has 3 atom stereocenters. The van der Waals surface area contributed by atoms with Crippen molar-refractivity contribution < 1.29 is 4.74 Å². The van der Waals surface area contributed by atoms with Crippen LogP contribution in [0.1, 0.15) is 50.2 Å². The van der Waals surface area contributed by atoms with Crippen LogP contribution in [-0.4, -0.2) is 37.3 Å². The summed E-state index contributed by atoms with van der Waals surface area (Å²) in [5.74, 6) is 1.53. The van der Waals surface area contributed by atoms with Crippen molar-refractivity contribution >= 4 is 5.96 Å². The highest BCUT2D eigenvalue weighted by molar-refractivity contribution is 5.80. The molecule has 3 unspecified atom stereocenters. The molecule has 1 heterocycles. The molecule has 3 rings (SSSR count). The molecular formula is C19H29N3O. The van der Waals surface area contributed by atoms with E-state index in [1.807, 2.05) is 0 Å². The molecule has 23 heavy (non-hydrogen) atoms. The average molecular weight is 315 g/mol. The molecule has 0 bridgehead atoms.